The molecule has 3 rings (SSSR count). The lowest BCUT2D eigenvalue weighted by Gasteiger charge is -2.36. The number of nitrogens with zero attached hydrogens (tertiary/aromatic N) is 2. The number of methoxy groups -OCH3 is 2. The van der Waals surface area contributed by atoms with E-state index in [1.54, 1.807) is 49.4 Å². The largest absolute Gasteiger partial charge is 0.466 e. The molecule has 0 amide bonds. The summed E-state index contributed by atoms with van der Waals surface area (Å²) in [6.07, 6.45) is 0. The summed E-state index contributed by atoms with van der Waals surface area (Å²) in [6, 6.07) is 14.2. The Morgan fingerprint density at radius 2 is 1.75 bits per heavy atom. The Morgan fingerprint density at radius 1 is 1.12 bits per heavy atom. The lowest BCUT2D eigenvalue weighted by molar-refractivity contribution is -0.139. The highest BCUT2D eigenvalue weighted by Crippen LogP contribution is 2.45. The van der Waals surface area contributed by atoms with Gasteiger partial charge in [0, 0.05) is 4.47 Å². The molecule has 2 aromatic rings. The maximum Gasteiger partial charge on any atom is 0.355 e. The number of halogens is 2. The predicted octanol–water partition coefficient (Wildman–Crippen LogP) is 4.31. The van der Waals surface area contributed by atoms with Crippen LogP contribution in [0.4, 0.5) is 5.69 Å². The number of esters is 2. The first-order valence-corrected chi connectivity index (χ1v) is 10.6. The van der Waals surface area contributed by atoms with Crippen LogP contribution in [0.15, 0.2) is 69.6 Å². The Morgan fingerprint density at radius 3 is 2.31 bits per heavy atom. The quantitative estimate of drug-likeness (QED) is 0.604. The molecule has 0 bridgehead atoms. The number of allylic oxidation sites excluding steroid dienone is 1. The smallest absolute Gasteiger partial charge is 0.355 e. The first-order valence-electron chi connectivity index (χ1n) is 9.38. The van der Waals surface area contributed by atoms with E-state index in [2.05, 4.69) is 22.0 Å². The highest BCUT2D eigenvalue weighted by molar-refractivity contribution is 9.10. The van der Waals surface area contributed by atoms with Crippen LogP contribution in [0.1, 0.15) is 17.0 Å². The van der Waals surface area contributed by atoms with E-state index in [0.29, 0.717) is 16.8 Å². The number of benzene rings is 2. The zero-order valence-corrected chi connectivity index (χ0v) is 19.8. The van der Waals surface area contributed by atoms with E-state index in [9.17, 15) is 14.9 Å². The molecule has 2 N–H and O–H groups in total. The van der Waals surface area contributed by atoms with Crippen LogP contribution in [0.2, 0.25) is 5.02 Å². The van der Waals surface area contributed by atoms with Crippen molar-refractivity contribution < 1.29 is 19.1 Å². The molecule has 7 nitrogen and oxygen atoms in total. The highest BCUT2D eigenvalue weighted by atomic mass is 79.9. The van der Waals surface area contributed by atoms with Crippen LogP contribution < -0.4 is 10.6 Å². The van der Waals surface area contributed by atoms with Gasteiger partial charge in [-0.3, -0.25) is 4.90 Å². The zero-order chi connectivity index (χ0) is 23.6. The van der Waals surface area contributed by atoms with E-state index in [0.717, 1.165) is 4.47 Å². The van der Waals surface area contributed by atoms with Gasteiger partial charge in [-0.25, -0.2) is 9.59 Å². The van der Waals surface area contributed by atoms with Crippen LogP contribution in [0.5, 0.6) is 0 Å². The molecule has 164 valence electrons. The van der Waals surface area contributed by atoms with E-state index >= 15 is 0 Å². The molecule has 0 spiro atoms. The Labute approximate surface area is 198 Å². The Hall–Kier alpha value is -3.28. The van der Waals surface area contributed by atoms with Gasteiger partial charge in [0.2, 0.25) is 0 Å². The lowest BCUT2D eigenvalue weighted by atomic mass is 9.81. The number of rotatable bonds is 4. The van der Waals surface area contributed by atoms with Crippen LogP contribution in [-0.2, 0) is 19.1 Å². The number of anilines is 1. The van der Waals surface area contributed by atoms with Crippen LogP contribution >= 0.6 is 27.5 Å². The van der Waals surface area contributed by atoms with Gasteiger partial charge in [0.25, 0.3) is 0 Å². The van der Waals surface area contributed by atoms with Crippen molar-refractivity contribution in [1.82, 2.24) is 0 Å². The van der Waals surface area contributed by atoms with Gasteiger partial charge in [0.05, 0.1) is 48.1 Å². The van der Waals surface area contributed by atoms with Crippen molar-refractivity contribution in [1.29, 1.82) is 5.26 Å². The maximum absolute atomic E-state index is 13.0. The summed E-state index contributed by atoms with van der Waals surface area (Å²) in [5.41, 5.74) is 7.86. The Balaban J connectivity index is 2.46. The molecule has 0 aliphatic carbocycles. The number of hydrogen-bond donors (Lipinski definition) is 1. The third-order valence-electron chi connectivity index (χ3n) is 5.15. The standard InChI is InChI=1S/C23H19BrClN3O4/c1-12-15(24)9-10-16(19(12)25)28-20(23(30)32-3)18(22(29)31-2)17(14(11-26)21(28)27)13-7-5-4-6-8-13/h4-10,17H,27H2,1-3H3. The van der Waals surface area contributed by atoms with Gasteiger partial charge in [0.1, 0.15) is 11.5 Å². The number of nitrogens with two attached hydrogens (primary N) is 1. The molecule has 1 aliphatic heterocycles. The summed E-state index contributed by atoms with van der Waals surface area (Å²) in [6.45, 7) is 1.78. The van der Waals surface area contributed by atoms with Crippen LogP contribution in [0, 0.1) is 18.3 Å². The predicted molar refractivity (Wildman–Crippen MR) is 123 cm³/mol. The summed E-state index contributed by atoms with van der Waals surface area (Å²) in [4.78, 5) is 27.3. The van der Waals surface area contributed by atoms with Gasteiger partial charge in [0.15, 0.2) is 0 Å². The normalized spacial score (nSPS) is 16.0. The third kappa shape index (κ3) is 3.85. The summed E-state index contributed by atoms with van der Waals surface area (Å²) >= 11 is 10.0. The summed E-state index contributed by atoms with van der Waals surface area (Å²) < 4.78 is 10.8. The molecule has 2 aromatic carbocycles. The van der Waals surface area contributed by atoms with Crippen molar-refractivity contribution in [3.05, 3.63) is 85.8 Å². The van der Waals surface area contributed by atoms with Gasteiger partial charge >= 0.3 is 11.9 Å². The molecule has 1 aliphatic rings. The average Bonchev–Trinajstić information content (AvgIpc) is 2.81. The van der Waals surface area contributed by atoms with E-state index < -0.39 is 17.9 Å². The number of carbonyl (C=O) groups excluding carboxylic acids is 2. The van der Waals surface area contributed by atoms with Crippen molar-refractivity contribution in [2.45, 2.75) is 12.8 Å². The molecule has 1 atom stereocenters. The molecule has 1 unspecified atom stereocenters. The van der Waals surface area contributed by atoms with Gasteiger partial charge in [-0.15, -0.1) is 0 Å². The van der Waals surface area contributed by atoms with Crippen molar-refractivity contribution in [2.24, 2.45) is 5.73 Å². The molecule has 9 heteroatoms. The molecule has 0 saturated carbocycles. The van der Waals surface area contributed by atoms with Crippen molar-refractivity contribution in [3.8, 4) is 6.07 Å². The van der Waals surface area contributed by atoms with E-state index in [1.165, 1.54) is 19.1 Å². The summed E-state index contributed by atoms with van der Waals surface area (Å²) in [5.74, 6) is -2.61. The van der Waals surface area contributed by atoms with E-state index in [4.69, 9.17) is 26.8 Å². The summed E-state index contributed by atoms with van der Waals surface area (Å²) in [7, 11) is 2.38. The molecular weight excluding hydrogens is 498 g/mol. The van der Waals surface area contributed by atoms with Gasteiger partial charge in [-0.05, 0) is 30.2 Å². The Bertz CT molecular complexity index is 1200. The minimum absolute atomic E-state index is 0.0435. The first kappa shape index (κ1) is 23.4. The average molecular weight is 517 g/mol. The van der Waals surface area contributed by atoms with Crippen LogP contribution in [0.3, 0.4) is 0 Å². The number of ether oxygens (including phenoxy) is 2. The topological polar surface area (TPSA) is 106 Å². The second-order valence-electron chi connectivity index (χ2n) is 6.84. The molecule has 0 fully saturated rings. The second-order valence-corrected chi connectivity index (χ2v) is 8.07. The number of carbonyl (C=O) groups is 2. The number of hydrogen-bond acceptors (Lipinski definition) is 7. The SMILES string of the molecule is COC(=O)C1=C(C(=O)OC)N(c2ccc(Br)c(C)c2Cl)C(N)=C(C#N)C1c1ccccc1. The van der Waals surface area contributed by atoms with Crippen LogP contribution in [-0.4, -0.2) is 26.2 Å². The molecule has 0 saturated heterocycles. The number of nitriles is 1. The fourth-order valence-electron chi connectivity index (χ4n) is 3.58. The highest BCUT2D eigenvalue weighted by Gasteiger charge is 2.43. The molecular formula is C23H19BrClN3O4. The third-order valence-corrected chi connectivity index (χ3v) is 6.49. The lowest BCUT2D eigenvalue weighted by Crippen LogP contribution is -2.41. The fraction of sp³-hybridized carbons (Fsp3) is 0.174. The van der Waals surface area contributed by atoms with Crippen molar-refractivity contribution in [3.63, 3.8) is 0 Å². The monoisotopic (exact) mass is 515 g/mol. The minimum Gasteiger partial charge on any atom is -0.466 e. The van der Waals surface area contributed by atoms with Crippen molar-refractivity contribution in [2.75, 3.05) is 19.1 Å². The van der Waals surface area contributed by atoms with Gasteiger partial charge in [-0.1, -0.05) is 57.9 Å². The molecule has 32 heavy (non-hydrogen) atoms. The fourth-order valence-corrected chi connectivity index (χ4v) is 4.28. The molecule has 1 heterocycles. The maximum atomic E-state index is 13.0. The van der Waals surface area contributed by atoms with Gasteiger partial charge in [-0.2, -0.15) is 5.26 Å². The van der Waals surface area contributed by atoms with Crippen molar-refractivity contribution >= 4 is 45.2 Å². The second kappa shape index (κ2) is 9.47. The molecule has 0 radical (unpaired) electrons. The van der Waals surface area contributed by atoms with E-state index in [1.807, 2.05) is 0 Å². The molecule has 0 aromatic heterocycles. The van der Waals surface area contributed by atoms with Gasteiger partial charge < -0.3 is 15.2 Å². The zero-order valence-electron chi connectivity index (χ0n) is 17.5. The minimum atomic E-state index is -0.936. The Kier molecular flexibility index (Phi) is 6.92. The van der Waals surface area contributed by atoms with E-state index in [-0.39, 0.29) is 27.7 Å². The van der Waals surface area contributed by atoms with Crippen LogP contribution in [0.25, 0.3) is 0 Å². The summed E-state index contributed by atoms with van der Waals surface area (Å²) in [5, 5.41) is 10.3. The first-order chi connectivity index (χ1) is 15.3.